The predicted octanol–water partition coefficient (Wildman–Crippen LogP) is 5.35. The number of aromatic hydroxyl groups is 1. The minimum Gasteiger partial charge on any atom is -0.505 e. The summed E-state index contributed by atoms with van der Waals surface area (Å²) in [5.41, 5.74) is 3.94. The molecule has 4 rings (SSSR count). The van der Waals surface area contributed by atoms with Crippen LogP contribution in [0.25, 0.3) is 6.08 Å². The third-order valence-corrected chi connectivity index (χ3v) is 8.74. The van der Waals surface area contributed by atoms with Crippen molar-refractivity contribution >= 4 is 31.0 Å². The lowest BCUT2D eigenvalue weighted by molar-refractivity contribution is -0.141. The lowest BCUT2D eigenvalue weighted by atomic mass is 9.58. The monoisotopic (exact) mass is 569 g/mol. The van der Waals surface area contributed by atoms with Crippen molar-refractivity contribution in [2.45, 2.75) is 90.5 Å². The number of nitrogens with zero attached hydrogens (tertiary/aromatic N) is 1. The van der Waals surface area contributed by atoms with Crippen LogP contribution in [0.15, 0.2) is 34.9 Å². The standard InChI is InChI=1S/C31H41BFNO7/c1-3-8-19(15-20-10-12-25(35)24(33)16-20)11-13-26-28-21(4-2)17-22-29(23(28)18-32(40)41-26)31(39)34(30(22)38)14-7-5-6-9-27(36)37/h10,12,15-16,22-23,26,29,35,40H,3-9,11,13-14,17-18H2,1-2H3,(H,36,37)/b19-15+/t22-,23+,26-,29-/m1/s1. The van der Waals surface area contributed by atoms with Gasteiger partial charge in [0.2, 0.25) is 11.8 Å². The highest BCUT2D eigenvalue weighted by Gasteiger charge is 2.56. The summed E-state index contributed by atoms with van der Waals surface area (Å²) in [5, 5.41) is 29.1. The third kappa shape index (κ3) is 7.09. The maximum Gasteiger partial charge on any atom is 0.455 e. The number of aliphatic carboxylic acids is 1. The maximum absolute atomic E-state index is 13.9. The van der Waals surface area contributed by atoms with E-state index in [2.05, 4.69) is 6.92 Å². The Bertz CT molecular complexity index is 1210. The summed E-state index contributed by atoms with van der Waals surface area (Å²) in [6.45, 7) is 4.41. The third-order valence-electron chi connectivity index (χ3n) is 8.74. The van der Waals surface area contributed by atoms with E-state index in [1.54, 1.807) is 6.07 Å². The van der Waals surface area contributed by atoms with Gasteiger partial charge in [0.15, 0.2) is 11.6 Å². The molecule has 2 aliphatic heterocycles. The molecule has 1 aromatic carbocycles. The maximum atomic E-state index is 13.9. The first-order valence-corrected chi connectivity index (χ1v) is 14.9. The van der Waals surface area contributed by atoms with Crippen LogP contribution in [0.3, 0.4) is 0 Å². The van der Waals surface area contributed by atoms with E-state index >= 15 is 0 Å². The lowest BCUT2D eigenvalue weighted by Crippen LogP contribution is -2.46. The fraction of sp³-hybridized carbons (Fsp3) is 0.581. The Labute approximate surface area is 241 Å². The number of halogens is 1. The number of carbonyl (C=O) groups is 3. The first-order valence-electron chi connectivity index (χ1n) is 14.9. The lowest BCUT2D eigenvalue weighted by Gasteiger charge is -2.43. The molecule has 2 heterocycles. The molecule has 222 valence electrons. The number of unbranched alkanes of at least 4 members (excludes halogenated alkanes) is 2. The van der Waals surface area contributed by atoms with Gasteiger partial charge in [0.1, 0.15) is 0 Å². The molecule has 4 atom stereocenters. The van der Waals surface area contributed by atoms with Crippen LogP contribution in [-0.2, 0) is 19.0 Å². The number of benzene rings is 1. The zero-order chi connectivity index (χ0) is 29.7. The summed E-state index contributed by atoms with van der Waals surface area (Å²) in [6, 6.07) is 4.32. The highest BCUT2D eigenvalue weighted by atomic mass is 19.1. The molecule has 0 unspecified atom stereocenters. The van der Waals surface area contributed by atoms with Gasteiger partial charge in [-0.15, -0.1) is 0 Å². The number of carboxylic acid groups (broad SMARTS) is 1. The first-order chi connectivity index (χ1) is 19.6. The van der Waals surface area contributed by atoms with Crippen LogP contribution in [-0.4, -0.2) is 57.7 Å². The SMILES string of the molecule is CCC/C(=C\c1ccc(O)c(F)c1)CC[C@H]1OB(O)C[C@H]2C1=C(CC)C[C@H]1C(=O)N(CCCCCC(=O)O)C(=O)[C@H]12. The molecule has 2 fully saturated rings. The molecule has 41 heavy (non-hydrogen) atoms. The number of rotatable bonds is 13. The van der Waals surface area contributed by atoms with Crippen LogP contribution in [0.4, 0.5) is 4.39 Å². The molecule has 2 saturated heterocycles. The number of amides is 2. The summed E-state index contributed by atoms with van der Waals surface area (Å²) in [4.78, 5) is 39.1. The van der Waals surface area contributed by atoms with Gasteiger partial charge in [0.05, 0.1) is 17.9 Å². The number of hydrogen-bond acceptors (Lipinski definition) is 6. The van der Waals surface area contributed by atoms with E-state index in [9.17, 15) is 28.9 Å². The Morgan fingerprint density at radius 1 is 1.12 bits per heavy atom. The number of likely N-dealkylation sites (tertiary alicyclic amines) is 1. The van der Waals surface area contributed by atoms with Crippen LogP contribution in [0.1, 0.15) is 83.6 Å². The fourth-order valence-corrected chi connectivity index (χ4v) is 6.87. The Hall–Kier alpha value is -2.98. The van der Waals surface area contributed by atoms with Crippen molar-refractivity contribution in [1.29, 1.82) is 0 Å². The molecule has 1 aliphatic carbocycles. The summed E-state index contributed by atoms with van der Waals surface area (Å²) >= 11 is 0. The van der Waals surface area contributed by atoms with Gasteiger partial charge in [0.25, 0.3) is 0 Å². The number of phenols is 1. The number of allylic oxidation sites excluding steroid dienone is 2. The van der Waals surface area contributed by atoms with Crippen LogP contribution in [0, 0.1) is 23.6 Å². The molecular formula is C31H41BFNO7. The second kappa shape index (κ2) is 13.8. The van der Waals surface area contributed by atoms with Gasteiger partial charge in [0, 0.05) is 13.0 Å². The van der Waals surface area contributed by atoms with Gasteiger partial charge in [-0.3, -0.25) is 19.3 Å². The van der Waals surface area contributed by atoms with E-state index in [1.807, 2.05) is 13.0 Å². The zero-order valence-corrected chi connectivity index (χ0v) is 24.0. The normalized spacial score (nSPS) is 24.6. The van der Waals surface area contributed by atoms with Gasteiger partial charge in [-0.1, -0.05) is 50.0 Å². The van der Waals surface area contributed by atoms with Gasteiger partial charge in [-0.2, -0.15) is 0 Å². The second-order valence-electron chi connectivity index (χ2n) is 11.5. The van der Waals surface area contributed by atoms with Gasteiger partial charge < -0.3 is 19.9 Å². The topological polar surface area (TPSA) is 124 Å². The predicted molar refractivity (Wildman–Crippen MR) is 153 cm³/mol. The van der Waals surface area contributed by atoms with Gasteiger partial charge in [-0.05, 0) is 80.5 Å². The second-order valence-corrected chi connectivity index (χ2v) is 11.5. The molecule has 8 nitrogen and oxygen atoms in total. The van der Waals surface area contributed by atoms with Crippen LogP contribution in [0.5, 0.6) is 5.75 Å². The van der Waals surface area contributed by atoms with Crippen molar-refractivity contribution in [2.24, 2.45) is 17.8 Å². The Balaban J connectivity index is 1.51. The van der Waals surface area contributed by atoms with Crippen molar-refractivity contribution in [1.82, 2.24) is 4.90 Å². The highest BCUT2D eigenvalue weighted by Crippen LogP contribution is 2.51. The molecule has 2 amide bonds. The number of carboxylic acids is 1. The summed E-state index contributed by atoms with van der Waals surface area (Å²) in [7, 11) is -1.04. The quantitative estimate of drug-likeness (QED) is 0.127. The van der Waals surface area contributed by atoms with E-state index in [0.29, 0.717) is 50.6 Å². The van der Waals surface area contributed by atoms with Crippen molar-refractivity contribution in [2.75, 3.05) is 6.54 Å². The number of phenolic OH excluding ortho intramolecular Hbond substituents is 1. The zero-order valence-electron chi connectivity index (χ0n) is 24.0. The van der Waals surface area contributed by atoms with Crippen molar-refractivity contribution in [3.63, 3.8) is 0 Å². The first kappa shape index (κ1) is 31.0. The molecule has 0 bridgehead atoms. The van der Waals surface area contributed by atoms with Crippen LogP contribution in [0.2, 0.25) is 6.32 Å². The molecule has 0 saturated carbocycles. The average molecular weight is 569 g/mol. The van der Waals surface area contributed by atoms with E-state index in [4.69, 9.17) is 9.76 Å². The number of hydrogen-bond donors (Lipinski definition) is 3. The van der Waals surface area contributed by atoms with Crippen molar-refractivity contribution in [3.05, 3.63) is 46.3 Å². The number of carbonyl (C=O) groups excluding carboxylic acids is 2. The van der Waals surface area contributed by atoms with E-state index in [-0.39, 0.29) is 42.3 Å². The Morgan fingerprint density at radius 3 is 2.59 bits per heavy atom. The van der Waals surface area contributed by atoms with E-state index in [1.165, 1.54) is 17.0 Å². The minimum atomic E-state index is -1.04. The van der Waals surface area contributed by atoms with Crippen molar-refractivity contribution in [3.8, 4) is 5.75 Å². The van der Waals surface area contributed by atoms with Crippen LogP contribution >= 0.6 is 0 Å². The number of fused-ring (bicyclic) bond motifs is 3. The largest absolute Gasteiger partial charge is 0.505 e. The van der Waals surface area contributed by atoms with Gasteiger partial charge >= 0.3 is 13.1 Å². The minimum absolute atomic E-state index is 0.0720. The molecule has 0 aromatic heterocycles. The molecular weight excluding hydrogens is 528 g/mol. The number of imide groups is 1. The molecule has 10 heteroatoms. The Kier molecular flexibility index (Phi) is 10.4. The van der Waals surface area contributed by atoms with E-state index < -0.39 is 30.7 Å². The molecule has 3 N–H and O–H groups in total. The average Bonchev–Trinajstić information content (AvgIpc) is 3.17. The molecule has 0 radical (unpaired) electrons. The van der Waals surface area contributed by atoms with Crippen LogP contribution < -0.4 is 0 Å². The summed E-state index contributed by atoms with van der Waals surface area (Å²) in [5.74, 6) is -3.48. The van der Waals surface area contributed by atoms with Crippen molar-refractivity contribution < 1.29 is 38.7 Å². The molecule has 0 spiro atoms. The summed E-state index contributed by atoms with van der Waals surface area (Å²) in [6.07, 6.45) is 7.79. The van der Waals surface area contributed by atoms with Gasteiger partial charge in [-0.25, -0.2) is 4.39 Å². The summed E-state index contributed by atoms with van der Waals surface area (Å²) < 4.78 is 20.0. The highest BCUT2D eigenvalue weighted by molar-refractivity contribution is 6.43. The Morgan fingerprint density at radius 2 is 1.90 bits per heavy atom. The fourth-order valence-electron chi connectivity index (χ4n) is 6.87. The molecule has 3 aliphatic rings. The molecule has 1 aromatic rings. The van der Waals surface area contributed by atoms with E-state index in [0.717, 1.165) is 36.0 Å². The smallest absolute Gasteiger partial charge is 0.455 e.